The summed E-state index contributed by atoms with van der Waals surface area (Å²) in [5, 5.41) is 15.1. The van der Waals surface area contributed by atoms with E-state index in [1.54, 1.807) is 23.1 Å². The smallest absolute Gasteiger partial charge is 0.265 e. The quantitative estimate of drug-likeness (QED) is 0.0675. The number of nitrogens with zero attached hydrogens (tertiary/aromatic N) is 2. The van der Waals surface area contributed by atoms with Crippen LogP contribution in [-0.4, -0.2) is 36.3 Å². The second kappa shape index (κ2) is 12.0. The Morgan fingerprint density at radius 1 is 1.14 bits per heavy atom. The molecule has 8 nitrogen and oxygen atoms in total. The van der Waals surface area contributed by atoms with E-state index in [1.165, 1.54) is 0 Å². The summed E-state index contributed by atoms with van der Waals surface area (Å²) in [7, 11) is -4.05. The van der Waals surface area contributed by atoms with Crippen LogP contribution in [0.25, 0.3) is 16.3 Å². The lowest BCUT2D eigenvalue weighted by molar-refractivity contribution is -0.668. The average Bonchev–Trinajstić information content (AvgIpc) is 3.30. The first-order valence-corrected chi connectivity index (χ1v) is 15.3. The summed E-state index contributed by atoms with van der Waals surface area (Å²) in [4.78, 5) is 3.04. The average molecular weight is 597 g/mol. The maximum atomic E-state index is 11.3. The van der Waals surface area contributed by atoms with Crippen molar-refractivity contribution in [2.75, 3.05) is 23.0 Å². The van der Waals surface area contributed by atoms with Crippen molar-refractivity contribution in [2.24, 2.45) is 0 Å². The molecule has 35 heavy (non-hydrogen) atoms. The molecule has 0 saturated heterocycles. The normalized spacial score (nSPS) is 14.9. The van der Waals surface area contributed by atoms with E-state index >= 15 is 0 Å². The fourth-order valence-corrected chi connectivity index (χ4v) is 7.14. The zero-order valence-corrected chi connectivity index (χ0v) is 22.9. The molecule has 3 aromatic rings. The summed E-state index contributed by atoms with van der Waals surface area (Å²) in [6.45, 7) is 1.07. The van der Waals surface area contributed by atoms with Crippen LogP contribution in [0.5, 0.6) is 0 Å². The van der Waals surface area contributed by atoms with Crippen LogP contribution in [0, 0.1) is 0 Å². The highest BCUT2D eigenvalue weighted by atomic mass is 35.5. The van der Waals surface area contributed by atoms with Gasteiger partial charge in [0, 0.05) is 51.8 Å². The fraction of sp³-hybridized carbons (Fsp3) is 0.286. The van der Waals surface area contributed by atoms with Crippen molar-refractivity contribution in [1.29, 1.82) is 0 Å². The lowest BCUT2D eigenvalue weighted by atomic mass is 10.2. The van der Waals surface area contributed by atoms with E-state index in [2.05, 4.69) is 20.0 Å². The van der Waals surface area contributed by atoms with Crippen LogP contribution in [-0.2, 0) is 26.0 Å². The van der Waals surface area contributed by atoms with Crippen molar-refractivity contribution >= 4 is 90.4 Å². The Labute approximate surface area is 225 Å². The Kier molecular flexibility index (Phi) is 9.25. The Hall–Kier alpha value is -1.06. The predicted molar refractivity (Wildman–Crippen MR) is 143 cm³/mol. The van der Waals surface area contributed by atoms with Gasteiger partial charge in [-0.05, 0) is 36.8 Å². The molecule has 188 valence electrons. The van der Waals surface area contributed by atoms with Crippen molar-refractivity contribution in [3.8, 4) is 0 Å². The van der Waals surface area contributed by atoms with Crippen LogP contribution in [0.1, 0.15) is 17.8 Å². The topological polar surface area (TPSA) is 100 Å². The molecule has 0 spiro atoms. The molecule has 0 atom stereocenters. The number of hydrogen-bond acceptors (Lipinski definition) is 9. The van der Waals surface area contributed by atoms with E-state index in [0.29, 0.717) is 28.9 Å². The third kappa shape index (κ3) is 7.04. The van der Waals surface area contributed by atoms with Gasteiger partial charge in [-0.1, -0.05) is 51.3 Å². The second-order valence-corrected chi connectivity index (χ2v) is 12.9. The number of anilines is 1. The molecule has 0 amide bonds. The SMILES string of the molecule is O=S(=O)(O)CCCN1C(=Cc2sc3ccc(Cl)cc3[n+]2CCCSOOO)Sc2ccc(Cl)cc21. The maximum absolute atomic E-state index is 11.3. The van der Waals surface area contributed by atoms with Gasteiger partial charge in [-0.15, -0.1) is 4.33 Å². The van der Waals surface area contributed by atoms with Crippen molar-refractivity contribution in [2.45, 2.75) is 24.3 Å². The van der Waals surface area contributed by atoms with Gasteiger partial charge in [-0.2, -0.15) is 13.0 Å². The standard InChI is InChI=1S/C21H20Cl2N2O6S4/c22-14-3-5-18-16(11-14)24(7-1-9-32-31-30-26)20(33-18)13-21-25(8-2-10-35(27,28)29)17-12-15(23)4-6-19(17)34-21/h3-6,11-13H,1-2,7-10H2,(H-,26,27,28,29)/p+1. The predicted octanol–water partition coefficient (Wildman–Crippen LogP) is 6.14. The molecular formula is C21H21Cl2N2O6S4+. The Morgan fingerprint density at radius 3 is 2.69 bits per heavy atom. The van der Waals surface area contributed by atoms with Crippen LogP contribution in [0.3, 0.4) is 0 Å². The highest BCUT2D eigenvalue weighted by Gasteiger charge is 2.28. The minimum atomic E-state index is -4.05. The highest BCUT2D eigenvalue weighted by Crippen LogP contribution is 2.48. The summed E-state index contributed by atoms with van der Waals surface area (Å²) in [5.74, 6) is 0.276. The van der Waals surface area contributed by atoms with E-state index in [4.69, 9.17) is 28.5 Å². The van der Waals surface area contributed by atoms with Gasteiger partial charge in [-0.3, -0.25) is 4.55 Å². The summed E-state index contributed by atoms with van der Waals surface area (Å²) >= 11 is 16.7. The van der Waals surface area contributed by atoms with E-state index < -0.39 is 10.1 Å². The molecule has 2 heterocycles. The Morgan fingerprint density at radius 2 is 1.91 bits per heavy atom. The highest BCUT2D eigenvalue weighted by molar-refractivity contribution is 8.04. The molecule has 4 rings (SSSR count). The number of fused-ring (bicyclic) bond motifs is 2. The number of aromatic nitrogens is 1. The van der Waals surface area contributed by atoms with E-state index in [1.807, 2.05) is 41.3 Å². The number of halogens is 2. The van der Waals surface area contributed by atoms with Crippen LogP contribution < -0.4 is 9.47 Å². The minimum Gasteiger partial charge on any atom is -0.335 e. The molecule has 0 fully saturated rings. The molecule has 0 aliphatic carbocycles. The zero-order chi connectivity index (χ0) is 25.0. The molecule has 0 radical (unpaired) electrons. The van der Waals surface area contributed by atoms with Gasteiger partial charge < -0.3 is 4.90 Å². The Balaban J connectivity index is 1.68. The molecule has 1 aliphatic heterocycles. The molecule has 2 aromatic carbocycles. The largest absolute Gasteiger partial charge is 0.335 e. The molecular weight excluding hydrogens is 575 g/mol. The molecule has 14 heteroatoms. The van der Waals surface area contributed by atoms with Crippen molar-refractivity contribution < 1.29 is 32.2 Å². The molecule has 0 saturated carbocycles. The first-order chi connectivity index (χ1) is 16.7. The number of thiazole rings is 1. The van der Waals surface area contributed by atoms with Crippen LogP contribution in [0.15, 0.2) is 46.3 Å². The molecule has 2 N–H and O–H groups in total. The number of rotatable bonds is 11. The van der Waals surface area contributed by atoms with Crippen molar-refractivity contribution in [3.05, 3.63) is 56.5 Å². The van der Waals surface area contributed by atoms with Gasteiger partial charge in [0.05, 0.1) is 22.5 Å². The first-order valence-electron chi connectivity index (χ1n) is 10.4. The number of aryl methyl sites for hydroxylation is 1. The van der Waals surface area contributed by atoms with E-state index in [9.17, 15) is 13.0 Å². The Bertz CT molecular complexity index is 1350. The van der Waals surface area contributed by atoms with Crippen LogP contribution in [0.2, 0.25) is 10.0 Å². The third-order valence-electron chi connectivity index (χ3n) is 5.10. The van der Waals surface area contributed by atoms with Crippen molar-refractivity contribution in [1.82, 2.24) is 0 Å². The molecule has 1 aliphatic rings. The van der Waals surface area contributed by atoms with Gasteiger partial charge in [0.2, 0.25) is 5.52 Å². The fourth-order valence-electron chi connectivity index (χ4n) is 3.67. The lowest BCUT2D eigenvalue weighted by Gasteiger charge is -2.20. The summed E-state index contributed by atoms with van der Waals surface area (Å²) in [6, 6.07) is 11.4. The maximum Gasteiger partial charge on any atom is 0.265 e. The van der Waals surface area contributed by atoms with Crippen LogP contribution in [0.4, 0.5) is 5.69 Å². The lowest BCUT2D eigenvalue weighted by Crippen LogP contribution is -2.35. The third-order valence-corrected chi connectivity index (χ3v) is 9.22. The van der Waals surface area contributed by atoms with Gasteiger partial charge in [0.25, 0.3) is 15.1 Å². The number of benzene rings is 2. The summed E-state index contributed by atoms with van der Waals surface area (Å²) < 4.78 is 39.4. The summed E-state index contributed by atoms with van der Waals surface area (Å²) in [6.07, 6.45) is 3.08. The van der Waals surface area contributed by atoms with Gasteiger partial charge in [0.1, 0.15) is 4.70 Å². The van der Waals surface area contributed by atoms with E-state index in [0.717, 1.165) is 49.3 Å². The number of hydrogen-bond donors (Lipinski definition) is 2. The van der Waals surface area contributed by atoms with Crippen molar-refractivity contribution in [3.63, 3.8) is 0 Å². The summed E-state index contributed by atoms with van der Waals surface area (Å²) in [5.41, 5.74) is 1.90. The van der Waals surface area contributed by atoms with E-state index in [-0.39, 0.29) is 12.2 Å². The molecule has 0 bridgehead atoms. The van der Waals surface area contributed by atoms with Gasteiger partial charge in [-0.25, -0.2) is 5.26 Å². The van der Waals surface area contributed by atoms with Crippen LogP contribution >= 0.6 is 58.3 Å². The second-order valence-electron chi connectivity index (χ2n) is 7.51. The first kappa shape index (κ1) is 27.0. The minimum absolute atomic E-state index is 0.259. The van der Waals surface area contributed by atoms with Gasteiger partial charge >= 0.3 is 0 Å². The van der Waals surface area contributed by atoms with Gasteiger partial charge in [0.15, 0.2) is 6.54 Å². The molecule has 1 aromatic heterocycles. The number of thioether (sulfide) groups is 1. The zero-order valence-electron chi connectivity index (χ0n) is 18.1. The molecule has 0 unspecified atom stereocenters. The monoisotopic (exact) mass is 595 g/mol.